The lowest BCUT2D eigenvalue weighted by Crippen LogP contribution is -2.31. The molecular weight excluding hydrogens is 300 g/mol. The zero-order valence-electron chi connectivity index (χ0n) is 11.2. The van der Waals surface area contributed by atoms with Crippen molar-refractivity contribution in [2.24, 2.45) is 0 Å². The summed E-state index contributed by atoms with van der Waals surface area (Å²) in [5, 5.41) is 15.0. The third kappa shape index (κ3) is 4.83. The second kappa shape index (κ2) is 6.22. The Bertz CT molecular complexity index is 635. The first-order valence-electron chi connectivity index (χ1n) is 6.40. The van der Waals surface area contributed by atoms with Crippen LogP contribution in [0.15, 0.2) is 17.3 Å². The molecule has 1 heterocycles. The average Bonchev–Trinajstić information content (AvgIpc) is 3.04. The van der Waals surface area contributed by atoms with E-state index < -0.39 is 22.5 Å². The number of rotatable bonds is 8. The van der Waals surface area contributed by atoms with Crippen molar-refractivity contribution in [2.75, 3.05) is 6.54 Å². The molecule has 1 amide bonds. The molecule has 2 rings (SSSR count). The number of sulfonamides is 1. The Morgan fingerprint density at radius 1 is 1.43 bits per heavy atom. The van der Waals surface area contributed by atoms with Crippen molar-refractivity contribution in [3.63, 3.8) is 0 Å². The average molecular weight is 316 g/mol. The molecule has 1 aliphatic rings. The van der Waals surface area contributed by atoms with Gasteiger partial charge < -0.3 is 10.4 Å². The maximum Gasteiger partial charge on any atom is 0.325 e. The lowest BCUT2D eigenvalue weighted by molar-refractivity contribution is -0.137. The Hall–Kier alpha value is -1.94. The normalized spacial score (nSPS) is 14.9. The first kappa shape index (κ1) is 15.4. The van der Waals surface area contributed by atoms with E-state index in [-0.39, 0.29) is 29.8 Å². The molecule has 1 saturated carbocycles. The smallest absolute Gasteiger partial charge is 0.325 e. The van der Waals surface area contributed by atoms with Crippen LogP contribution in [0.5, 0.6) is 0 Å². The predicted octanol–water partition coefficient (Wildman–Crippen LogP) is -1.09. The van der Waals surface area contributed by atoms with Crippen LogP contribution in [0, 0.1) is 0 Å². The number of amides is 1. The van der Waals surface area contributed by atoms with Crippen LogP contribution in [0.2, 0.25) is 0 Å². The monoisotopic (exact) mass is 316 g/mol. The summed E-state index contributed by atoms with van der Waals surface area (Å²) in [7, 11) is -3.79. The summed E-state index contributed by atoms with van der Waals surface area (Å²) in [6.07, 6.45) is 4.19. The maximum atomic E-state index is 11.9. The van der Waals surface area contributed by atoms with Crippen LogP contribution in [0.4, 0.5) is 0 Å². The largest absolute Gasteiger partial charge is 0.480 e. The molecule has 116 valence electrons. The van der Waals surface area contributed by atoms with E-state index in [1.807, 2.05) is 0 Å². The number of nitrogens with one attached hydrogen (secondary N) is 2. The van der Waals surface area contributed by atoms with Gasteiger partial charge in [-0.1, -0.05) is 0 Å². The van der Waals surface area contributed by atoms with Crippen molar-refractivity contribution >= 4 is 21.9 Å². The van der Waals surface area contributed by atoms with Crippen molar-refractivity contribution in [2.45, 2.75) is 36.7 Å². The molecule has 0 bridgehead atoms. The first-order chi connectivity index (χ1) is 9.87. The Morgan fingerprint density at radius 3 is 2.76 bits per heavy atom. The number of hydrogen-bond donors (Lipinski definition) is 3. The number of carbonyl (C=O) groups excluding carboxylic acids is 1. The molecule has 21 heavy (non-hydrogen) atoms. The lowest BCUT2D eigenvalue weighted by Gasteiger charge is -2.05. The van der Waals surface area contributed by atoms with Gasteiger partial charge in [0.1, 0.15) is 11.4 Å². The van der Waals surface area contributed by atoms with Gasteiger partial charge in [-0.25, -0.2) is 13.1 Å². The van der Waals surface area contributed by atoms with Crippen LogP contribution in [-0.4, -0.2) is 47.8 Å². The number of hydrogen-bond acceptors (Lipinski definition) is 5. The highest BCUT2D eigenvalue weighted by molar-refractivity contribution is 7.89. The van der Waals surface area contributed by atoms with Crippen LogP contribution in [0.3, 0.4) is 0 Å². The lowest BCUT2D eigenvalue weighted by atomic mass is 10.4. The molecule has 0 saturated heterocycles. The molecule has 0 radical (unpaired) electrons. The molecule has 1 aromatic heterocycles. The van der Waals surface area contributed by atoms with Crippen molar-refractivity contribution < 1.29 is 23.1 Å². The van der Waals surface area contributed by atoms with Crippen LogP contribution in [0.25, 0.3) is 0 Å². The van der Waals surface area contributed by atoms with Crippen molar-refractivity contribution in [1.29, 1.82) is 0 Å². The number of carboxylic acids is 1. The Balaban J connectivity index is 1.84. The van der Waals surface area contributed by atoms with Gasteiger partial charge in [0.05, 0.1) is 6.20 Å². The third-order valence-electron chi connectivity index (χ3n) is 2.80. The van der Waals surface area contributed by atoms with Crippen molar-refractivity contribution in [3.8, 4) is 0 Å². The van der Waals surface area contributed by atoms with E-state index in [2.05, 4.69) is 15.1 Å². The fourth-order valence-electron chi connectivity index (χ4n) is 1.62. The molecule has 1 aromatic rings. The summed E-state index contributed by atoms with van der Waals surface area (Å²) in [6, 6.07) is 0.239. The third-order valence-corrected chi connectivity index (χ3v) is 4.22. The van der Waals surface area contributed by atoms with Gasteiger partial charge in [0.15, 0.2) is 0 Å². The minimum Gasteiger partial charge on any atom is -0.480 e. The summed E-state index contributed by atoms with van der Waals surface area (Å²) < 4.78 is 27.1. The van der Waals surface area contributed by atoms with Gasteiger partial charge in [-0.15, -0.1) is 0 Å². The fourth-order valence-corrected chi connectivity index (χ4v) is 2.60. The molecule has 0 aliphatic heterocycles. The van der Waals surface area contributed by atoms with Gasteiger partial charge in [0.2, 0.25) is 15.9 Å². The summed E-state index contributed by atoms with van der Waals surface area (Å²) in [6.45, 7) is -0.440. The van der Waals surface area contributed by atoms with Crippen LogP contribution < -0.4 is 10.0 Å². The first-order valence-corrected chi connectivity index (χ1v) is 7.88. The van der Waals surface area contributed by atoms with Crippen LogP contribution in [-0.2, 0) is 26.2 Å². The highest BCUT2D eigenvalue weighted by atomic mass is 32.2. The van der Waals surface area contributed by atoms with E-state index in [0.29, 0.717) is 0 Å². The SMILES string of the molecule is O=C(O)Cn1cc(S(=O)(=O)NCCC(=O)NC2CC2)cn1. The van der Waals surface area contributed by atoms with Gasteiger partial charge in [0, 0.05) is 25.2 Å². The van der Waals surface area contributed by atoms with Crippen molar-refractivity contribution in [3.05, 3.63) is 12.4 Å². The molecular formula is C11H16N4O5S. The highest BCUT2D eigenvalue weighted by Gasteiger charge is 2.23. The quantitative estimate of drug-likeness (QED) is 0.559. The van der Waals surface area contributed by atoms with Crippen LogP contribution >= 0.6 is 0 Å². The minimum absolute atomic E-state index is 0.0228. The van der Waals surface area contributed by atoms with Gasteiger partial charge >= 0.3 is 5.97 Å². The fraction of sp³-hybridized carbons (Fsp3) is 0.545. The van der Waals surface area contributed by atoms with E-state index in [1.165, 1.54) is 0 Å². The highest BCUT2D eigenvalue weighted by Crippen LogP contribution is 2.18. The van der Waals surface area contributed by atoms with Gasteiger partial charge in [-0.2, -0.15) is 5.10 Å². The van der Waals surface area contributed by atoms with E-state index in [9.17, 15) is 18.0 Å². The second-order valence-corrected chi connectivity index (χ2v) is 6.52. The Kier molecular flexibility index (Phi) is 4.58. The Morgan fingerprint density at radius 2 is 2.14 bits per heavy atom. The van der Waals surface area contributed by atoms with E-state index >= 15 is 0 Å². The van der Waals surface area contributed by atoms with E-state index in [0.717, 1.165) is 29.9 Å². The molecule has 0 aromatic carbocycles. The van der Waals surface area contributed by atoms with Crippen molar-refractivity contribution in [1.82, 2.24) is 19.8 Å². The molecule has 3 N–H and O–H groups in total. The second-order valence-electron chi connectivity index (χ2n) is 4.76. The zero-order chi connectivity index (χ0) is 15.5. The standard InChI is InChI=1S/C11H16N4O5S/c16-10(14-8-1-2-8)3-4-13-21(19,20)9-5-12-15(6-9)7-11(17)18/h5-6,8,13H,1-4,7H2,(H,14,16)(H,17,18). The number of aromatic nitrogens is 2. The molecule has 0 atom stereocenters. The molecule has 0 unspecified atom stereocenters. The molecule has 10 heteroatoms. The summed E-state index contributed by atoms with van der Waals surface area (Å²) in [5.74, 6) is -1.31. The van der Waals surface area contributed by atoms with E-state index in [1.54, 1.807) is 0 Å². The van der Waals surface area contributed by atoms with Gasteiger partial charge in [-0.3, -0.25) is 14.3 Å². The van der Waals surface area contributed by atoms with Gasteiger partial charge in [0.25, 0.3) is 0 Å². The van der Waals surface area contributed by atoms with E-state index in [4.69, 9.17) is 5.11 Å². The van der Waals surface area contributed by atoms with Crippen LogP contribution in [0.1, 0.15) is 19.3 Å². The molecule has 1 aliphatic carbocycles. The minimum atomic E-state index is -3.79. The molecule has 1 fully saturated rings. The molecule has 9 nitrogen and oxygen atoms in total. The van der Waals surface area contributed by atoms with Gasteiger partial charge in [-0.05, 0) is 12.8 Å². The number of carboxylic acid groups (broad SMARTS) is 1. The number of aliphatic carboxylic acids is 1. The predicted molar refractivity (Wildman–Crippen MR) is 70.8 cm³/mol. The molecule has 0 spiro atoms. The number of carbonyl (C=O) groups is 2. The maximum absolute atomic E-state index is 11.9. The number of nitrogens with zero attached hydrogens (tertiary/aromatic N) is 2. The topological polar surface area (TPSA) is 130 Å². The summed E-state index contributed by atoms with van der Waals surface area (Å²) in [4.78, 5) is 21.8. The zero-order valence-corrected chi connectivity index (χ0v) is 12.0. The Labute approximate surface area is 121 Å². The summed E-state index contributed by atoms with van der Waals surface area (Å²) in [5.41, 5.74) is 0. The summed E-state index contributed by atoms with van der Waals surface area (Å²) >= 11 is 0.